The lowest BCUT2D eigenvalue weighted by Crippen LogP contribution is -2.41. The number of hydrogen-bond donors (Lipinski definition) is 3. The number of amides is 1. The Morgan fingerprint density at radius 2 is 1.88 bits per heavy atom. The van der Waals surface area contributed by atoms with Gasteiger partial charge in [0.15, 0.2) is 5.75 Å². The van der Waals surface area contributed by atoms with E-state index in [0.717, 1.165) is 25.7 Å². The zero-order valence-corrected chi connectivity index (χ0v) is 16.2. The molecule has 1 saturated carbocycles. The monoisotopic (exact) mass is 396 g/mol. The normalized spacial score (nSPS) is 21.0. The molecule has 0 saturated heterocycles. The number of hydrogen-bond acceptors (Lipinski definition) is 4. The maximum Gasteiger partial charge on any atom is 0.253 e. The predicted molar refractivity (Wildman–Crippen MR) is 103 cm³/mol. The molecule has 1 aromatic heterocycles. The number of carbonyl (C=O) groups is 1. The third kappa shape index (κ3) is 3.90. The number of aliphatic hydroxyl groups is 1. The number of nitrogens with one attached hydrogen (secondary N) is 1. The summed E-state index contributed by atoms with van der Waals surface area (Å²) in [5.41, 5.74) is 0.136. The molecule has 1 amide bonds. The summed E-state index contributed by atoms with van der Waals surface area (Å²) >= 11 is 12.0. The van der Waals surface area contributed by atoms with Crippen molar-refractivity contribution >= 4 is 40.0 Å². The minimum absolute atomic E-state index is 0.0735. The highest BCUT2D eigenvalue weighted by atomic mass is 35.5. The SMILES string of the molecule is CC(C)(O)[C@H]1CC[C@H](NC(=O)c2cnc3c(Cl)c(O)c(Cl)cc3c2)CC1. The first-order valence-electron chi connectivity index (χ1n) is 8.66. The van der Waals surface area contributed by atoms with Gasteiger partial charge in [-0.1, -0.05) is 23.2 Å². The molecule has 1 fully saturated rings. The van der Waals surface area contributed by atoms with Crippen LogP contribution in [0.25, 0.3) is 10.9 Å². The maximum atomic E-state index is 12.6. The van der Waals surface area contributed by atoms with Gasteiger partial charge in [0.2, 0.25) is 0 Å². The van der Waals surface area contributed by atoms with E-state index >= 15 is 0 Å². The Balaban J connectivity index is 1.72. The highest BCUT2D eigenvalue weighted by Gasteiger charge is 2.31. The van der Waals surface area contributed by atoms with E-state index in [0.29, 0.717) is 16.5 Å². The van der Waals surface area contributed by atoms with Crippen molar-refractivity contribution in [1.29, 1.82) is 0 Å². The fourth-order valence-corrected chi connectivity index (χ4v) is 4.05. The number of phenolic OH excluding ortho intramolecular Hbond substituents is 1. The highest BCUT2D eigenvalue weighted by molar-refractivity contribution is 6.40. The van der Waals surface area contributed by atoms with E-state index in [4.69, 9.17) is 23.2 Å². The third-order valence-electron chi connectivity index (χ3n) is 5.17. The summed E-state index contributed by atoms with van der Waals surface area (Å²) in [5.74, 6) is -0.157. The smallest absolute Gasteiger partial charge is 0.253 e. The van der Waals surface area contributed by atoms with Gasteiger partial charge < -0.3 is 15.5 Å². The summed E-state index contributed by atoms with van der Waals surface area (Å²) < 4.78 is 0. The standard InChI is InChI=1S/C19H22Cl2N2O3/c1-19(2,26)12-3-5-13(6-4-12)23-18(25)11-7-10-8-14(20)17(24)15(21)16(10)22-9-11/h7-9,12-13,24,26H,3-6H2,1-2H3,(H,23,25)/t12-,13-. The second-order valence-electron chi connectivity index (χ2n) is 7.49. The van der Waals surface area contributed by atoms with Crippen LogP contribution in [0.15, 0.2) is 18.3 Å². The van der Waals surface area contributed by atoms with Crippen molar-refractivity contribution in [3.8, 4) is 5.75 Å². The quantitative estimate of drug-likeness (QED) is 0.721. The van der Waals surface area contributed by atoms with Crippen LogP contribution in [0.1, 0.15) is 49.9 Å². The number of aromatic hydroxyl groups is 1. The van der Waals surface area contributed by atoms with Crippen LogP contribution in [0.3, 0.4) is 0 Å². The van der Waals surface area contributed by atoms with Gasteiger partial charge in [0.1, 0.15) is 5.02 Å². The summed E-state index contributed by atoms with van der Waals surface area (Å²) in [6.07, 6.45) is 4.89. The zero-order chi connectivity index (χ0) is 19.1. The van der Waals surface area contributed by atoms with Gasteiger partial charge in [-0.15, -0.1) is 0 Å². The van der Waals surface area contributed by atoms with Crippen molar-refractivity contribution in [3.63, 3.8) is 0 Å². The van der Waals surface area contributed by atoms with Gasteiger partial charge in [0, 0.05) is 17.6 Å². The van der Waals surface area contributed by atoms with E-state index in [1.54, 1.807) is 6.07 Å². The molecular weight excluding hydrogens is 375 g/mol. The molecule has 3 rings (SSSR count). The largest absolute Gasteiger partial charge is 0.505 e. The number of pyridine rings is 1. The van der Waals surface area contributed by atoms with Crippen molar-refractivity contribution < 1.29 is 15.0 Å². The van der Waals surface area contributed by atoms with E-state index < -0.39 is 5.60 Å². The van der Waals surface area contributed by atoms with E-state index in [1.807, 2.05) is 13.8 Å². The topological polar surface area (TPSA) is 82.5 Å². The van der Waals surface area contributed by atoms with Gasteiger partial charge in [-0.05, 0) is 57.6 Å². The lowest BCUT2D eigenvalue weighted by molar-refractivity contribution is -0.00257. The first-order valence-corrected chi connectivity index (χ1v) is 9.42. The van der Waals surface area contributed by atoms with Crippen LogP contribution >= 0.6 is 23.2 Å². The second kappa shape index (κ2) is 7.22. The molecule has 1 aliphatic rings. The van der Waals surface area contributed by atoms with Gasteiger partial charge in [-0.3, -0.25) is 9.78 Å². The van der Waals surface area contributed by atoms with E-state index in [2.05, 4.69) is 10.3 Å². The summed E-state index contributed by atoms with van der Waals surface area (Å²) in [7, 11) is 0. The Morgan fingerprint density at radius 3 is 2.50 bits per heavy atom. The van der Waals surface area contributed by atoms with Crippen LogP contribution < -0.4 is 5.32 Å². The lowest BCUT2D eigenvalue weighted by atomic mass is 9.77. The van der Waals surface area contributed by atoms with E-state index in [1.165, 1.54) is 12.3 Å². The number of rotatable bonds is 3. The Hall–Kier alpha value is -1.56. The van der Waals surface area contributed by atoms with Crippen LogP contribution in [0, 0.1) is 5.92 Å². The van der Waals surface area contributed by atoms with Gasteiger partial charge in [-0.25, -0.2) is 0 Å². The summed E-state index contributed by atoms with van der Waals surface area (Å²) in [6.45, 7) is 3.68. The van der Waals surface area contributed by atoms with Crippen molar-refractivity contribution in [2.45, 2.75) is 51.2 Å². The van der Waals surface area contributed by atoms with Crippen LogP contribution in [-0.4, -0.2) is 32.7 Å². The van der Waals surface area contributed by atoms with Crippen molar-refractivity contribution in [2.75, 3.05) is 0 Å². The molecule has 1 aromatic carbocycles. The summed E-state index contributed by atoms with van der Waals surface area (Å²) in [4.78, 5) is 16.8. The first-order chi connectivity index (χ1) is 12.2. The lowest BCUT2D eigenvalue weighted by Gasteiger charge is -2.36. The molecule has 140 valence electrons. The van der Waals surface area contributed by atoms with Gasteiger partial charge >= 0.3 is 0 Å². The summed E-state index contributed by atoms with van der Waals surface area (Å²) in [5, 5.41) is 23.7. The van der Waals surface area contributed by atoms with Crippen molar-refractivity contribution in [2.24, 2.45) is 5.92 Å². The Bertz CT molecular complexity index is 841. The van der Waals surface area contributed by atoms with Crippen LogP contribution in [0.4, 0.5) is 0 Å². The molecule has 0 atom stereocenters. The third-order valence-corrected chi connectivity index (χ3v) is 5.81. The number of fused-ring (bicyclic) bond motifs is 1. The zero-order valence-electron chi connectivity index (χ0n) is 14.7. The average molecular weight is 397 g/mol. The Kier molecular flexibility index (Phi) is 5.33. The molecule has 3 N–H and O–H groups in total. The molecular formula is C19H22Cl2N2O3. The number of nitrogens with zero attached hydrogens (tertiary/aromatic N) is 1. The molecule has 1 heterocycles. The first kappa shape index (κ1) is 19.2. The van der Waals surface area contributed by atoms with Crippen molar-refractivity contribution in [1.82, 2.24) is 10.3 Å². The molecule has 0 radical (unpaired) electrons. The van der Waals surface area contributed by atoms with Crippen LogP contribution in [-0.2, 0) is 0 Å². The second-order valence-corrected chi connectivity index (χ2v) is 8.28. The average Bonchev–Trinajstić information content (AvgIpc) is 2.59. The van der Waals surface area contributed by atoms with E-state index in [9.17, 15) is 15.0 Å². The number of phenols is 1. The fourth-order valence-electron chi connectivity index (χ4n) is 3.53. The maximum absolute atomic E-state index is 12.6. The molecule has 1 aliphatic carbocycles. The number of carbonyl (C=O) groups excluding carboxylic acids is 1. The summed E-state index contributed by atoms with van der Waals surface area (Å²) in [6, 6.07) is 3.29. The Morgan fingerprint density at radius 1 is 1.23 bits per heavy atom. The predicted octanol–water partition coefficient (Wildman–Crippen LogP) is 4.31. The van der Waals surface area contributed by atoms with Gasteiger partial charge in [-0.2, -0.15) is 0 Å². The molecule has 0 unspecified atom stereocenters. The number of halogens is 2. The molecule has 0 spiro atoms. The molecule has 5 nitrogen and oxygen atoms in total. The number of benzene rings is 1. The minimum Gasteiger partial charge on any atom is -0.505 e. The molecule has 0 aliphatic heterocycles. The Labute approximate surface area is 162 Å². The van der Waals surface area contributed by atoms with Crippen molar-refractivity contribution in [3.05, 3.63) is 33.9 Å². The molecule has 26 heavy (non-hydrogen) atoms. The highest BCUT2D eigenvalue weighted by Crippen LogP contribution is 2.37. The molecule has 0 bridgehead atoms. The van der Waals surface area contributed by atoms with Gasteiger partial charge in [0.05, 0.1) is 21.7 Å². The van der Waals surface area contributed by atoms with Crippen LogP contribution in [0.2, 0.25) is 10.0 Å². The van der Waals surface area contributed by atoms with Crippen LogP contribution in [0.5, 0.6) is 5.75 Å². The van der Waals surface area contributed by atoms with Gasteiger partial charge in [0.25, 0.3) is 5.91 Å². The molecule has 7 heteroatoms. The van der Waals surface area contributed by atoms with E-state index in [-0.39, 0.29) is 33.7 Å². The molecule has 2 aromatic rings. The number of aromatic nitrogens is 1. The fraction of sp³-hybridized carbons (Fsp3) is 0.474. The minimum atomic E-state index is -0.679.